The summed E-state index contributed by atoms with van der Waals surface area (Å²) >= 11 is 2.08. The Morgan fingerprint density at radius 2 is 1.93 bits per heavy atom. The number of hydrogen-bond donors (Lipinski definition) is 1. The van der Waals surface area contributed by atoms with Gasteiger partial charge >= 0.3 is 0 Å². The van der Waals surface area contributed by atoms with Crippen molar-refractivity contribution < 1.29 is 0 Å². The smallest absolute Gasteiger partial charge is 0.00662 e. The maximum atomic E-state index is 3.27. The van der Waals surface area contributed by atoms with Crippen LogP contribution in [0.25, 0.3) is 0 Å². The molecule has 0 aliphatic heterocycles. The SMILES string of the molecule is CNC(C)CCCCSCCN(C)C. The maximum Gasteiger partial charge on any atom is 0.00662 e. The fourth-order valence-corrected chi connectivity index (χ4v) is 2.25. The molecule has 1 N–H and O–H groups in total. The van der Waals surface area contributed by atoms with Crippen molar-refractivity contribution in [2.45, 2.75) is 32.2 Å². The van der Waals surface area contributed by atoms with E-state index in [-0.39, 0.29) is 0 Å². The lowest BCUT2D eigenvalue weighted by Gasteiger charge is -2.10. The molecule has 0 heterocycles. The molecular weight excluding hydrogens is 192 g/mol. The zero-order valence-electron chi connectivity index (χ0n) is 10.2. The van der Waals surface area contributed by atoms with E-state index < -0.39 is 0 Å². The van der Waals surface area contributed by atoms with Crippen LogP contribution in [0.3, 0.4) is 0 Å². The zero-order valence-corrected chi connectivity index (χ0v) is 11.0. The molecule has 2 nitrogen and oxygen atoms in total. The van der Waals surface area contributed by atoms with Gasteiger partial charge in [-0.25, -0.2) is 0 Å². The predicted molar refractivity (Wildman–Crippen MR) is 68.3 cm³/mol. The van der Waals surface area contributed by atoms with Crippen LogP contribution in [0, 0.1) is 0 Å². The van der Waals surface area contributed by atoms with Gasteiger partial charge in [0.1, 0.15) is 0 Å². The summed E-state index contributed by atoms with van der Waals surface area (Å²) in [6, 6.07) is 0.682. The molecule has 0 saturated heterocycles. The number of unbranched alkanes of at least 4 members (excludes halogenated alkanes) is 1. The minimum atomic E-state index is 0.682. The zero-order chi connectivity index (χ0) is 10.8. The third-order valence-corrected chi connectivity index (χ3v) is 3.40. The first-order valence-electron chi connectivity index (χ1n) is 5.56. The van der Waals surface area contributed by atoms with E-state index >= 15 is 0 Å². The summed E-state index contributed by atoms with van der Waals surface area (Å²) in [6.45, 7) is 3.46. The summed E-state index contributed by atoms with van der Waals surface area (Å²) in [5, 5.41) is 3.27. The Morgan fingerprint density at radius 1 is 1.21 bits per heavy atom. The molecule has 0 amide bonds. The third kappa shape index (κ3) is 10.4. The first-order valence-corrected chi connectivity index (χ1v) is 6.72. The Kier molecular flexibility index (Phi) is 10.0. The molecule has 1 atom stereocenters. The van der Waals surface area contributed by atoms with E-state index in [0.717, 1.165) is 0 Å². The van der Waals surface area contributed by atoms with Gasteiger partial charge in [0.25, 0.3) is 0 Å². The Labute approximate surface area is 93.8 Å². The fraction of sp³-hybridized carbons (Fsp3) is 1.00. The van der Waals surface area contributed by atoms with E-state index in [1.807, 2.05) is 7.05 Å². The van der Waals surface area contributed by atoms with Crippen LogP contribution in [0.4, 0.5) is 0 Å². The van der Waals surface area contributed by atoms with Crippen molar-refractivity contribution in [2.75, 3.05) is 39.2 Å². The summed E-state index contributed by atoms with van der Waals surface area (Å²) in [6.07, 6.45) is 4.03. The predicted octanol–water partition coefficient (Wildman–Crippen LogP) is 2.06. The molecule has 0 aliphatic rings. The van der Waals surface area contributed by atoms with E-state index in [1.54, 1.807) is 0 Å². The molecule has 0 aromatic rings. The lowest BCUT2D eigenvalue weighted by atomic mass is 10.1. The minimum Gasteiger partial charge on any atom is -0.317 e. The quantitative estimate of drug-likeness (QED) is 0.596. The molecule has 0 spiro atoms. The van der Waals surface area contributed by atoms with Crippen molar-refractivity contribution in [1.29, 1.82) is 0 Å². The van der Waals surface area contributed by atoms with Gasteiger partial charge in [0, 0.05) is 18.3 Å². The molecule has 0 rings (SSSR count). The Morgan fingerprint density at radius 3 is 2.50 bits per heavy atom. The van der Waals surface area contributed by atoms with Gasteiger partial charge in [0.05, 0.1) is 0 Å². The topological polar surface area (TPSA) is 15.3 Å². The summed E-state index contributed by atoms with van der Waals surface area (Å²) in [7, 11) is 6.31. The number of hydrogen-bond acceptors (Lipinski definition) is 3. The van der Waals surface area contributed by atoms with Gasteiger partial charge < -0.3 is 10.2 Å². The highest BCUT2D eigenvalue weighted by Crippen LogP contribution is 2.07. The first-order chi connectivity index (χ1) is 6.66. The molecule has 0 aromatic carbocycles. The van der Waals surface area contributed by atoms with E-state index in [4.69, 9.17) is 0 Å². The molecule has 0 saturated carbocycles. The van der Waals surface area contributed by atoms with Gasteiger partial charge in [-0.05, 0) is 46.7 Å². The standard InChI is InChI=1S/C11H26N2S/c1-11(12-2)7-5-6-9-14-10-8-13(3)4/h11-12H,5-10H2,1-4H3. The van der Waals surface area contributed by atoms with Gasteiger partial charge in [-0.1, -0.05) is 6.42 Å². The van der Waals surface area contributed by atoms with Crippen molar-refractivity contribution in [3.05, 3.63) is 0 Å². The molecule has 0 aromatic heterocycles. The van der Waals surface area contributed by atoms with Crippen LogP contribution >= 0.6 is 11.8 Å². The van der Waals surface area contributed by atoms with Gasteiger partial charge in [-0.15, -0.1) is 0 Å². The van der Waals surface area contributed by atoms with Crippen molar-refractivity contribution in [3.8, 4) is 0 Å². The number of nitrogens with zero attached hydrogens (tertiary/aromatic N) is 1. The molecule has 86 valence electrons. The molecule has 14 heavy (non-hydrogen) atoms. The summed E-state index contributed by atoms with van der Waals surface area (Å²) in [5.41, 5.74) is 0. The molecule has 0 fully saturated rings. The van der Waals surface area contributed by atoms with E-state index in [2.05, 4.69) is 43.0 Å². The van der Waals surface area contributed by atoms with Crippen LogP contribution in [0.5, 0.6) is 0 Å². The van der Waals surface area contributed by atoms with E-state index in [1.165, 1.54) is 37.3 Å². The fourth-order valence-electron chi connectivity index (χ4n) is 1.15. The average Bonchev–Trinajstić information content (AvgIpc) is 2.15. The van der Waals surface area contributed by atoms with Crippen molar-refractivity contribution in [3.63, 3.8) is 0 Å². The van der Waals surface area contributed by atoms with Gasteiger partial charge in [0.2, 0.25) is 0 Å². The number of thioether (sulfide) groups is 1. The Balaban J connectivity index is 2.99. The Bertz CT molecular complexity index is 118. The monoisotopic (exact) mass is 218 g/mol. The summed E-state index contributed by atoms with van der Waals surface area (Å²) in [4.78, 5) is 2.25. The first kappa shape index (κ1) is 14.3. The van der Waals surface area contributed by atoms with Crippen molar-refractivity contribution in [2.24, 2.45) is 0 Å². The highest BCUT2D eigenvalue weighted by atomic mass is 32.2. The molecular formula is C11H26N2S. The largest absolute Gasteiger partial charge is 0.317 e. The van der Waals surface area contributed by atoms with Gasteiger partial charge in [-0.2, -0.15) is 11.8 Å². The number of nitrogens with one attached hydrogen (secondary N) is 1. The lowest BCUT2D eigenvalue weighted by molar-refractivity contribution is 0.437. The normalized spacial score (nSPS) is 13.5. The Hall–Kier alpha value is 0.270. The van der Waals surface area contributed by atoms with Crippen molar-refractivity contribution in [1.82, 2.24) is 10.2 Å². The summed E-state index contributed by atoms with van der Waals surface area (Å²) in [5.74, 6) is 2.60. The molecule has 0 aliphatic carbocycles. The molecule has 0 radical (unpaired) electrons. The highest BCUT2D eigenvalue weighted by Gasteiger charge is 1.97. The second-order valence-corrected chi connectivity index (χ2v) is 5.33. The second-order valence-electron chi connectivity index (χ2n) is 4.10. The van der Waals surface area contributed by atoms with E-state index in [9.17, 15) is 0 Å². The average molecular weight is 218 g/mol. The number of rotatable bonds is 9. The minimum absolute atomic E-state index is 0.682. The summed E-state index contributed by atoms with van der Waals surface area (Å²) < 4.78 is 0. The van der Waals surface area contributed by atoms with Crippen LogP contribution in [0.15, 0.2) is 0 Å². The van der Waals surface area contributed by atoms with E-state index in [0.29, 0.717) is 6.04 Å². The maximum absolute atomic E-state index is 3.27. The van der Waals surface area contributed by atoms with Crippen LogP contribution in [0.1, 0.15) is 26.2 Å². The van der Waals surface area contributed by atoms with Crippen molar-refractivity contribution >= 4 is 11.8 Å². The second kappa shape index (κ2) is 9.81. The molecule has 3 heteroatoms. The van der Waals surface area contributed by atoms with Crippen LogP contribution in [-0.2, 0) is 0 Å². The van der Waals surface area contributed by atoms with Gasteiger partial charge in [-0.3, -0.25) is 0 Å². The lowest BCUT2D eigenvalue weighted by Crippen LogP contribution is -2.20. The van der Waals surface area contributed by atoms with Crippen LogP contribution in [0.2, 0.25) is 0 Å². The molecule has 1 unspecified atom stereocenters. The third-order valence-electron chi connectivity index (χ3n) is 2.35. The van der Waals surface area contributed by atoms with Crippen LogP contribution < -0.4 is 5.32 Å². The highest BCUT2D eigenvalue weighted by molar-refractivity contribution is 7.99. The molecule has 0 bridgehead atoms. The van der Waals surface area contributed by atoms with Gasteiger partial charge in [0.15, 0.2) is 0 Å². The van der Waals surface area contributed by atoms with Crippen LogP contribution in [-0.4, -0.2) is 50.1 Å².